The summed E-state index contributed by atoms with van der Waals surface area (Å²) in [6.45, 7) is 3.00. The molecule has 1 heterocycles. The van der Waals surface area contributed by atoms with Crippen molar-refractivity contribution >= 4 is 29.1 Å². The van der Waals surface area contributed by atoms with Gasteiger partial charge in [-0.3, -0.25) is 4.79 Å². The minimum Gasteiger partial charge on any atom is -0.352 e. The number of aromatic nitrogens is 1. The second kappa shape index (κ2) is 7.28. The van der Waals surface area contributed by atoms with E-state index in [-0.39, 0.29) is 11.1 Å². The molecule has 0 radical (unpaired) electrons. The number of carbonyl (C=O) groups excluding carboxylic acids is 1. The van der Waals surface area contributed by atoms with Crippen LogP contribution in [-0.4, -0.2) is 17.4 Å². The minimum atomic E-state index is -0.177. The van der Waals surface area contributed by atoms with Crippen LogP contribution in [0.3, 0.4) is 0 Å². The summed E-state index contributed by atoms with van der Waals surface area (Å²) in [4.78, 5) is 15.9. The number of rotatable bonds is 4. The molecule has 1 aliphatic rings. The Kier molecular flexibility index (Phi) is 5.67. The summed E-state index contributed by atoms with van der Waals surface area (Å²) in [5.74, 6) is 1.42. The number of halogens is 2. The molecule has 3 nitrogen and oxygen atoms in total. The zero-order chi connectivity index (χ0) is 14.5. The summed E-state index contributed by atoms with van der Waals surface area (Å²) in [5.41, 5.74) is 0.383. The molecule has 20 heavy (non-hydrogen) atoms. The molecule has 0 aromatic carbocycles. The van der Waals surface area contributed by atoms with Crippen molar-refractivity contribution < 1.29 is 4.79 Å². The van der Waals surface area contributed by atoms with Gasteiger partial charge < -0.3 is 5.32 Å². The molecule has 1 aromatic rings. The standard InChI is InChI=1S/C15H20Cl2N2O/c1-10-2-4-11(5-3-10)8-9-18-15(20)12-6-7-13(16)19-14(12)17/h6-7,10-11H,2-5,8-9H2,1H3,(H,18,20). The highest BCUT2D eigenvalue weighted by Crippen LogP contribution is 2.30. The second-order valence-corrected chi connectivity index (χ2v) is 6.39. The SMILES string of the molecule is CC1CCC(CCNC(=O)c2ccc(Cl)nc2Cl)CC1. The molecule has 5 heteroatoms. The van der Waals surface area contributed by atoms with E-state index in [0.717, 1.165) is 18.3 Å². The molecule has 0 saturated heterocycles. The Bertz CT molecular complexity index is 471. The number of pyridine rings is 1. The zero-order valence-electron chi connectivity index (χ0n) is 11.7. The smallest absolute Gasteiger partial charge is 0.254 e. The molecule has 1 aliphatic carbocycles. The first-order valence-electron chi connectivity index (χ1n) is 7.16. The Morgan fingerprint density at radius 3 is 2.65 bits per heavy atom. The van der Waals surface area contributed by atoms with Crippen LogP contribution in [0.25, 0.3) is 0 Å². The van der Waals surface area contributed by atoms with E-state index in [1.807, 2.05) is 0 Å². The lowest BCUT2D eigenvalue weighted by molar-refractivity contribution is 0.0949. The number of hydrogen-bond donors (Lipinski definition) is 1. The molecule has 1 aromatic heterocycles. The van der Waals surface area contributed by atoms with Gasteiger partial charge in [-0.15, -0.1) is 0 Å². The quantitative estimate of drug-likeness (QED) is 0.840. The summed E-state index contributed by atoms with van der Waals surface area (Å²) in [6, 6.07) is 3.18. The highest BCUT2D eigenvalue weighted by atomic mass is 35.5. The third-order valence-electron chi connectivity index (χ3n) is 4.03. The van der Waals surface area contributed by atoms with Crippen molar-refractivity contribution in [2.45, 2.75) is 39.0 Å². The third kappa shape index (κ3) is 4.35. The summed E-state index contributed by atoms with van der Waals surface area (Å²) >= 11 is 11.6. The Labute approximate surface area is 130 Å². The summed E-state index contributed by atoms with van der Waals surface area (Å²) < 4.78 is 0. The van der Waals surface area contributed by atoms with Gasteiger partial charge in [-0.25, -0.2) is 4.98 Å². The summed E-state index contributed by atoms with van der Waals surface area (Å²) in [7, 11) is 0. The fraction of sp³-hybridized carbons (Fsp3) is 0.600. The molecular weight excluding hydrogens is 295 g/mol. The van der Waals surface area contributed by atoms with E-state index in [9.17, 15) is 4.79 Å². The number of carbonyl (C=O) groups is 1. The van der Waals surface area contributed by atoms with Crippen LogP contribution in [0.5, 0.6) is 0 Å². The zero-order valence-corrected chi connectivity index (χ0v) is 13.2. The predicted molar refractivity (Wildman–Crippen MR) is 82.3 cm³/mol. The lowest BCUT2D eigenvalue weighted by Gasteiger charge is -2.26. The van der Waals surface area contributed by atoms with E-state index in [4.69, 9.17) is 23.2 Å². The van der Waals surface area contributed by atoms with Crippen molar-refractivity contribution in [2.24, 2.45) is 11.8 Å². The van der Waals surface area contributed by atoms with Crippen molar-refractivity contribution in [3.8, 4) is 0 Å². The van der Waals surface area contributed by atoms with Crippen LogP contribution < -0.4 is 5.32 Å². The van der Waals surface area contributed by atoms with Gasteiger partial charge in [0.05, 0.1) is 5.56 Å². The Hall–Kier alpha value is -0.800. The molecule has 2 rings (SSSR count). The van der Waals surface area contributed by atoms with Gasteiger partial charge in [-0.1, -0.05) is 55.8 Å². The number of nitrogens with zero attached hydrogens (tertiary/aromatic N) is 1. The summed E-state index contributed by atoms with van der Waals surface area (Å²) in [6.07, 6.45) is 6.22. The molecule has 1 fully saturated rings. The van der Waals surface area contributed by atoms with Gasteiger partial charge in [0.25, 0.3) is 5.91 Å². The Morgan fingerprint density at radius 1 is 1.30 bits per heavy atom. The van der Waals surface area contributed by atoms with Crippen LogP contribution in [0.2, 0.25) is 10.3 Å². The molecule has 0 unspecified atom stereocenters. The molecule has 0 spiro atoms. The van der Waals surface area contributed by atoms with Crippen molar-refractivity contribution in [3.63, 3.8) is 0 Å². The highest BCUT2D eigenvalue weighted by Gasteiger charge is 2.18. The molecule has 110 valence electrons. The topological polar surface area (TPSA) is 42.0 Å². The van der Waals surface area contributed by atoms with Gasteiger partial charge in [0, 0.05) is 6.54 Å². The van der Waals surface area contributed by atoms with E-state index in [1.54, 1.807) is 12.1 Å². The molecular formula is C15H20Cl2N2O. The maximum absolute atomic E-state index is 12.0. The first kappa shape index (κ1) is 15.6. The average Bonchev–Trinajstić information content (AvgIpc) is 2.41. The predicted octanol–water partition coefficient (Wildman–Crippen LogP) is 4.33. The van der Waals surface area contributed by atoms with E-state index >= 15 is 0 Å². The molecule has 0 aliphatic heterocycles. The van der Waals surface area contributed by atoms with Gasteiger partial charge in [0.15, 0.2) is 0 Å². The van der Waals surface area contributed by atoms with E-state index in [1.165, 1.54) is 25.7 Å². The highest BCUT2D eigenvalue weighted by molar-refractivity contribution is 6.34. The van der Waals surface area contributed by atoms with Gasteiger partial charge in [-0.2, -0.15) is 0 Å². The third-order valence-corrected chi connectivity index (χ3v) is 4.53. The fourth-order valence-electron chi connectivity index (χ4n) is 2.68. The average molecular weight is 315 g/mol. The van der Waals surface area contributed by atoms with Crippen molar-refractivity contribution in [1.29, 1.82) is 0 Å². The van der Waals surface area contributed by atoms with Crippen molar-refractivity contribution in [3.05, 3.63) is 28.0 Å². The van der Waals surface area contributed by atoms with Crippen LogP contribution in [0.4, 0.5) is 0 Å². The minimum absolute atomic E-state index is 0.154. The summed E-state index contributed by atoms with van der Waals surface area (Å²) in [5, 5.41) is 3.36. The lowest BCUT2D eigenvalue weighted by Crippen LogP contribution is -2.27. The van der Waals surface area contributed by atoms with Gasteiger partial charge in [0.1, 0.15) is 10.3 Å². The molecule has 1 saturated carbocycles. The molecule has 0 bridgehead atoms. The van der Waals surface area contributed by atoms with Crippen molar-refractivity contribution in [1.82, 2.24) is 10.3 Å². The monoisotopic (exact) mass is 314 g/mol. The molecule has 1 amide bonds. The van der Waals surface area contributed by atoms with Crippen LogP contribution >= 0.6 is 23.2 Å². The molecule has 1 N–H and O–H groups in total. The second-order valence-electron chi connectivity index (χ2n) is 5.64. The Balaban J connectivity index is 1.77. The number of hydrogen-bond acceptors (Lipinski definition) is 2. The van der Waals surface area contributed by atoms with Crippen LogP contribution in [-0.2, 0) is 0 Å². The lowest BCUT2D eigenvalue weighted by atomic mass is 9.81. The first-order chi connectivity index (χ1) is 9.56. The number of nitrogens with one attached hydrogen (secondary N) is 1. The van der Waals surface area contributed by atoms with Gasteiger partial charge in [-0.05, 0) is 30.4 Å². The Morgan fingerprint density at radius 2 is 2.00 bits per heavy atom. The van der Waals surface area contributed by atoms with E-state index in [2.05, 4.69) is 17.2 Å². The van der Waals surface area contributed by atoms with Crippen LogP contribution in [0, 0.1) is 11.8 Å². The van der Waals surface area contributed by atoms with Crippen molar-refractivity contribution in [2.75, 3.05) is 6.54 Å². The molecule has 0 atom stereocenters. The maximum Gasteiger partial charge on any atom is 0.254 e. The van der Waals surface area contributed by atoms with Crippen LogP contribution in [0.1, 0.15) is 49.4 Å². The maximum atomic E-state index is 12.0. The van der Waals surface area contributed by atoms with Crippen LogP contribution in [0.15, 0.2) is 12.1 Å². The normalized spacial score (nSPS) is 22.6. The van der Waals surface area contributed by atoms with Gasteiger partial charge in [0.2, 0.25) is 0 Å². The van der Waals surface area contributed by atoms with Gasteiger partial charge >= 0.3 is 0 Å². The van der Waals surface area contributed by atoms with E-state index < -0.39 is 0 Å². The fourth-order valence-corrected chi connectivity index (χ4v) is 3.11. The number of amides is 1. The largest absolute Gasteiger partial charge is 0.352 e. The van der Waals surface area contributed by atoms with E-state index in [0.29, 0.717) is 17.3 Å². The first-order valence-corrected chi connectivity index (χ1v) is 7.92.